The number of hydrogen-bond donors (Lipinski definition) is 5. The molecule has 0 bridgehead atoms. The van der Waals surface area contributed by atoms with Crippen LogP contribution in [0.3, 0.4) is 0 Å². The zero-order valence-electron chi connectivity index (χ0n) is 11.5. The molecule has 2 aliphatic rings. The van der Waals surface area contributed by atoms with Crippen LogP contribution >= 0.6 is 0 Å². The number of hydrogen-bond acceptors (Lipinski definition) is 11. The third kappa shape index (κ3) is 4.56. The average Bonchev–Trinajstić information content (AvgIpc) is 3.20. The van der Waals surface area contributed by atoms with Gasteiger partial charge in [-0.2, -0.15) is 8.42 Å². The first-order valence-corrected chi connectivity index (χ1v) is 9.00. The zero-order valence-corrected chi connectivity index (χ0v) is 13.3. The van der Waals surface area contributed by atoms with Gasteiger partial charge in [-0.15, -0.1) is 0 Å². The largest absolute Gasteiger partial charge is 0.387 e. The summed E-state index contributed by atoms with van der Waals surface area (Å²) < 4.78 is 62.0. The van der Waals surface area contributed by atoms with Gasteiger partial charge < -0.3 is 24.8 Å². The number of ether oxygens (including phenoxy) is 2. The van der Waals surface area contributed by atoms with E-state index in [1.54, 1.807) is 0 Å². The Morgan fingerprint density at radius 1 is 1.30 bits per heavy atom. The van der Waals surface area contributed by atoms with Crippen LogP contribution in [0, 0.1) is 0 Å². The minimum Gasteiger partial charge on any atom is -0.387 e. The van der Waals surface area contributed by atoms with Crippen molar-refractivity contribution in [1.29, 1.82) is 0 Å². The molecule has 14 heteroatoms. The summed E-state index contributed by atoms with van der Waals surface area (Å²) in [6.07, 6.45) is -7.19. The fourth-order valence-corrected chi connectivity index (χ4v) is 2.86. The summed E-state index contributed by atoms with van der Waals surface area (Å²) in [6.45, 7) is -0.626. The fourth-order valence-electron chi connectivity index (χ4n) is 2.06. The van der Waals surface area contributed by atoms with Crippen LogP contribution in [-0.4, -0.2) is 75.3 Å². The SMILES string of the molecule is NS(=O)(=O)OC(O)[C@@]1(OC2CC2)OC[C@@H](O[SH](=O)=O)[C@@H](O)[C@@H]1O. The van der Waals surface area contributed by atoms with Crippen LogP contribution in [0.4, 0.5) is 0 Å². The molecule has 1 unspecified atom stereocenters. The number of rotatable bonds is 7. The highest BCUT2D eigenvalue weighted by Crippen LogP contribution is 2.38. The van der Waals surface area contributed by atoms with E-state index in [2.05, 4.69) is 13.5 Å². The number of thiol groups is 1. The molecule has 5 N–H and O–H groups in total. The van der Waals surface area contributed by atoms with Gasteiger partial charge in [0.15, 0.2) is 0 Å². The Bertz CT molecular complexity index is 595. The molecule has 1 aliphatic heterocycles. The Morgan fingerprint density at radius 2 is 1.91 bits per heavy atom. The average molecular weight is 379 g/mol. The zero-order chi connectivity index (χ0) is 17.4. The molecule has 0 spiro atoms. The first kappa shape index (κ1) is 18.9. The molecule has 0 radical (unpaired) electrons. The standard InChI is InChI=1S/C9H17NO11S2/c10-23(16,17)21-8(13)9(19-4-1-2-4)7(12)6(11)5(3-18-9)20-22(14)15/h4-8,11-13,22H,1-3H2,(H2,10,16,17)/t5-,6-,7+,8?,9-/m1/s1. The van der Waals surface area contributed by atoms with Crippen molar-refractivity contribution >= 4 is 21.3 Å². The van der Waals surface area contributed by atoms with Gasteiger partial charge in [0.2, 0.25) is 6.29 Å². The maximum atomic E-state index is 11.0. The molecule has 1 aliphatic carbocycles. The molecule has 0 aromatic rings. The highest BCUT2D eigenvalue weighted by atomic mass is 32.2. The summed E-state index contributed by atoms with van der Waals surface area (Å²) >= 11 is 0. The van der Waals surface area contributed by atoms with Gasteiger partial charge in [-0.3, -0.25) is 4.18 Å². The van der Waals surface area contributed by atoms with E-state index in [1.165, 1.54) is 0 Å². The fraction of sp³-hybridized carbons (Fsp3) is 1.00. The molecular weight excluding hydrogens is 362 g/mol. The summed E-state index contributed by atoms with van der Waals surface area (Å²) in [7, 11) is -7.97. The van der Waals surface area contributed by atoms with Crippen LogP contribution in [-0.2, 0) is 39.1 Å². The van der Waals surface area contributed by atoms with E-state index in [9.17, 15) is 32.2 Å². The summed E-state index contributed by atoms with van der Waals surface area (Å²) in [5.41, 5.74) is 0. The minimum absolute atomic E-state index is 0.468. The van der Waals surface area contributed by atoms with E-state index in [4.69, 9.17) is 9.47 Å². The second-order valence-corrected chi connectivity index (χ2v) is 6.93. The quantitative estimate of drug-likeness (QED) is 0.214. The molecule has 0 aromatic heterocycles. The normalized spacial score (nSPS) is 37.0. The molecule has 0 amide bonds. The Hall–Kier alpha value is -0.420. The van der Waals surface area contributed by atoms with Gasteiger partial charge >= 0.3 is 10.3 Å². The molecule has 12 nitrogen and oxygen atoms in total. The minimum atomic E-state index is -4.63. The highest BCUT2D eigenvalue weighted by molar-refractivity contribution is 7.84. The molecule has 1 saturated heterocycles. The molecule has 136 valence electrons. The Morgan fingerprint density at radius 3 is 2.39 bits per heavy atom. The first-order chi connectivity index (χ1) is 10.5. The van der Waals surface area contributed by atoms with Crippen molar-refractivity contribution in [3.63, 3.8) is 0 Å². The van der Waals surface area contributed by atoms with Crippen LogP contribution in [0.15, 0.2) is 0 Å². The first-order valence-electron chi connectivity index (χ1n) is 6.43. The monoisotopic (exact) mass is 379 g/mol. The van der Waals surface area contributed by atoms with Gasteiger partial charge in [-0.25, -0.2) is 17.7 Å². The lowest BCUT2D eigenvalue weighted by Gasteiger charge is -2.46. The topological polar surface area (TPSA) is 192 Å². The van der Waals surface area contributed by atoms with Crippen molar-refractivity contribution in [2.75, 3.05) is 6.61 Å². The molecule has 2 rings (SSSR count). The lowest BCUT2D eigenvalue weighted by molar-refractivity contribution is -0.394. The second kappa shape index (κ2) is 6.83. The van der Waals surface area contributed by atoms with Gasteiger partial charge in [0.25, 0.3) is 16.8 Å². The number of aliphatic hydroxyl groups is 3. The molecular formula is C9H17NO11S2. The molecule has 5 atom stereocenters. The molecule has 0 aromatic carbocycles. The van der Waals surface area contributed by atoms with E-state index < -0.39 is 64.4 Å². The Labute approximate surface area is 133 Å². The summed E-state index contributed by atoms with van der Waals surface area (Å²) in [5, 5.41) is 34.7. The van der Waals surface area contributed by atoms with Crippen molar-refractivity contribution in [2.45, 2.75) is 49.3 Å². The highest BCUT2D eigenvalue weighted by Gasteiger charge is 2.59. The predicted octanol–water partition coefficient (Wildman–Crippen LogP) is -3.94. The van der Waals surface area contributed by atoms with Crippen molar-refractivity contribution in [2.24, 2.45) is 5.14 Å². The third-order valence-electron chi connectivity index (χ3n) is 3.26. The smallest absolute Gasteiger partial charge is 0.335 e. The van der Waals surface area contributed by atoms with Crippen LogP contribution in [0.25, 0.3) is 0 Å². The lowest BCUT2D eigenvalue weighted by atomic mass is 9.96. The van der Waals surface area contributed by atoms with E-state index in [0.29, 0.717) is 12.8 Å². The van der Waals surface area contributed by atoms with Crippen LogP contribution in [0.1, 0.15) is 12.8 Å². The van der Waals surface area contributed by atoms with Gasteiger partial charge in [0.1, 0.15) is 18.3 Å². The molecule has 1 saturated carbocycles. The predicted molar refractivity (Wildman–Crippen MR) is 70.2 cm³/mol. The van der Waals surface area contributed by atoms with Crippen molar-refractivity contribution in [3.8, 4) is 0 Å². The molecule has 1 heterocycles. The maximum absolute atomic E-state index is 11.0. The molecule has 2 fully saturated rings. The van der Waals surface area contributed by atoms with E-state index in [0.717, 1.165) is 0 Å². The van der Waals surface area contributed by atoms with Gasteiger partial charge in [0.05, 0.1) is 12.7 Å². The summed E-state index contributed by atoms with van der Waals surface area (Å²) in [6, 6.07) is 0. The van der Waals surface area contributed by atoms with Crippen LogP contribution < -0.4 is 5.14 Å². The molecule has 23 heavy (non-hydrogen) atoms. The lowest BCUT2D eigenvalue weighted by Crippen LogP contribution is -2.68. The summed E-state index contributed by atoms with van der Waals surface area (Å²) in [5.74, 6) is -2.47. The second-order valence-electron chi connectivity index (χ2n) is 5.09. The van der Waals surface area contributed by atoms with Crippen LogP contribution in [0.2, 0.25) is 0 Å². The number of aliphatic hydroxyl groups excluding tert-OH is 3. The van der Waals surface area contributed by atoms with Gasteiger partial charge in [0, 0.05) is 0 Å². The van der Waals surface area contributed by atoms with Gasteiger partial charge in [-0.1, -0.05) is 0 Å². The Kier molecular flexibility index (Phi) is 5.62. The van der Waals surface area contributed by atoms with Crippen LogP contribution in [0.5, 0.6) is 0 Å². The maximum Gasteiger partial charge on any atom is 0.335 e. The van der Waals surface area contributed by atoms with E-state index in [1.807, 2.05) is 0 Å². The number of nitrogens with two attached hydrogens (primary N) is 1. The van der Waals surface area contributed by atoms with Crippen molar-refractivity contribution < 1.29 is 50.0 Å². The van der Waals surface area contributed by atoms with E-state index in [-0.39, 0.29) is 0 Å². The van der Waals surface area contributed by atoms with Crippen molar-refractivity contribution in [3.05, 3.63) is 0 Å². The van der Waals surface area contributed by atoms with Crippen molar-refractivity contribution in [1.82, 2.24) is 0 Å². The van der Waals surface area contributed by atoms with E-state index >= 15 is 0 Å². The summed E-state index contributed by atoms with van der Waals surface area (Å²) in [4.78, 5) is 0. The van der Waals surface area contributed by atoms with Gasteiger partial charge in [-0.05, 0) is 12.8 Å². The third-order valence-corrected chi connectivity index (χ3v) is 4.15. The Balaban J connectivity index is 2.24.